The third-order valence-corrected chi connectivity index (χ3v) is 3.70. The zero-order valence-electron chi connectivity index (χ0n) is 14.0. The summed E-state index contributed by atoms with van der Waals surface area (Å²) in [7, 11) is 0. The number of hydrogen-bond donors (Lipinski definition) is 0. The topological polar surface area (TPSA) is 49.3 Å². The molecule has 0 atom stereocenters. The quantitative estimate of drug-likeness (QED) is 0.748. The molecule has 0 spiro atoms. The number of alkyl halides is 3. The van der Waals surface area contributed by atoms with Crippen LogP contribution in [0.5, 0.6) is 0 Å². The van der Waals surface area contributed by atoms with Crippen LogP contribution in [0.15, 0.2) is 42.9 Å². The summed E-state index contributed by atoms with van der Waals surface area (Å²) in [4.78, 5) is 20.7. The monoisotopic (exact) mass is 352 g/mol. The molecule has 0 radical (unpaired) electrons. The van der Waals surface area contributed by atoms with Crippen LogP contribution < -0.4 is 0 Å². The van der Waals surface area contributed by atoms with Crippen LogP contribution in [0.2, 0.25) is 0 Å². The minimum absolute atomic E-state index is 0.0769. The number of amides is 1. The van der Waals surface area contributed by atoms with Gasteiger partial charge in [-0.1, -0.05) is 19.9 Å². The number of carbonyl (C=O) groups excluding carboxylic acids is 1. The van der Waals surface area contributed by atoms with E-state index < -0.39 is 23.2 Å². The fourth-order valence-corrected chi connectivity index (χ4v) is 2.46. The molecule has 2 aromatic heterocycles. The third kappa shape index (κ3) is 4.54. The van der Waals surface area contributed by atoms with E-state index in [4.69, 9.17) is 0 Å². The first-order chi connectivity index (χ1) is 11.9. The minimum atomic E-state index is -4.63. The standard InChI is InChI=1S/C17H19F3N4O/c1-3-23(4-2)24(12-13-7-5-6-9-22-13)16(25)14-11-21-10-8-15(14)17(18,19)20/h5-11H,3-4,12H2,1-2H3. The maximum Gasteiger partial charge on any atom is 0.417 e. The van der Waals surface area contributed by atoms with E-state index in [0.717, 1.165) is 18.5 Å². The molecule has 0 aliphatic heterocycles. The molecule has 0 saturated heterocycles. The minimum Gasteiger partial charge on any atom is -0.268 e. The number of hydrazine groups is 1. The molecular formula is C17H19F3N4O. The average molecular weight is 352 g/mol. The number of nitrogens with zero attached hydrogens (tertiary/aromatic N) is 4. The third-order valence-electron chi connectivity index (χ3n) is 3.70. The summed E-state index contributed by atoms with van der Waals surface area (Å²) in [5.41, 5.74) is -0.885. The van der Waals surface area contributed by atoms with Gasteiger partial charge in [0.25, 0.3) is 5.91 Å². The van der Waals surface area contributed by atoms with Crippen molar-refractivity contribution in [2.45, 2.75) is 26.6 Å². The van der Waals surface area contributed by atoms with Gasteiger partial charge in [0.05, 0.1) is 23.4 Å². The summed E-state index contributed by atoms with van der Waals surface area (Å²) in [6, 6.07) is 6.03. The van der Waals surface area contributed by atoms with Crippen LogP contribution in [0.4, 0.5) is 13.2 Å². The first-order valence-corrected chi connectivity index (χ1v) is 7.86. The zero-order valence-corrected chi connectivity index (χ0v) is 14.0. The summed E-state index contributed by atoms with van der Waals surface area (Å²) >= 11 is 0. The van der Waals surface area contributed by atoms with Crippen molar-refractivity contribution in [1.82, 2.24) is 20.0 Å². The van der Waals surface area contributed by atoms with Gasteiger partial charge in [-0.05, 0) is 18.2 Å². The summed E-state index contributed by atoms with van der Waals surface area (Å²) in [5.74, 6) is -0.755. The van der Waals surface area contributed by atoms with Gasteiger partial charge in [0.2, 0.25) is 0 Å². The average Bonchev–Trinajstić information content (AvgIpc) is 2.61. The van der Waals surface area contributed by atoms with Crippen LogP contribution >= 0.6 is 0 Å². The maximum absolute atomic E-state index is 13.2. The van der Waals surface area contributed by atoms with Gasteiger partial charge in [-0.3, -0.25) is 19.8 Å². The van der Waals surface area contributed by atoms with Crippen LogP contribution in [0.1, 0.15) is 35.5 Å². The highest BCUT2D eigenvalue weighted by Crippen LogP contribution is 2.32. The molecule has 134 valence electrons. The van der Waals surface area contributed by atoms with Crippen LogP contribution in [0.25, 0.3) is 0 Å². The Morgan fingerprint density at radius 1 is 1.12 bits per heavy atom. The highest BCUT2D eigenvalue weighted by atomic mass is 19.4. The Bertz CT molecular complexity index is 703. The van der Waals surface area contributed by atoms with E-state index in [9.17, 15) is 18.0 Å². The van der Waals surface area contributed by atoms with Crippen LogP contribution in [0.3, 0.4) is 0 Å². The molecule has 8 heteroatoms. The summed E-state index contributed by atoms with van der Waals surface area (Å²) in [6.07, 6.45) is -1.07. The SMILES string of the molecule is CCN(CC)N(Cc1ccccn1)C(=O)c1cnccc1C(F)(F)F. The van der Waals surface area contributed by atoms with E-state index in [1.54, 1.807) is 29.4 Å². The molecule has 0 aromatic carbocycles. The Hall–Kier alpha value is -2.48. The summed E-state index contributed by atoms with van der Waals surface area (Å²) in [6.45, 7) is 4.67. The zero-order chi connectivity index (χ0) is 18.4. The van der Waals surface area contributed by atoms with Crippen LogP contribution in [0, 0.1) is 0 Å². The molecule has 0 fully saturated rings. The number of halogens is 3. The summed E-state index contributed by atoms with van der Waals surface area (Å²) in [5, 5.41) is 2.96. The molecule has 5 nitrogen and oxygen atoms in total. The molecule has 0 bridgehead atoms. The Balaban J connectivity index is 2.42. The van der Waals surface area contributed by atoms with Crippen molar-refractivity contribution in [2.24, 2.45) is 0 Å². The predicted octanol–water partition coefficient (Wildman–Crippen LogP) is 3.39. The smallest absolute Gasteiger partial charge is 0.268 e. The van der Waals surface area contributed by atoms with E-state index in [0.29, 0.717) is 18.8 Å². The van der Waals surface area contributed by atoms with E-state index in [1.165, 1.54) is 5.01 Å². The van der Waals surface area contributed by atoms with Gasteiger partial charge in [-0.2, -0.15) is 13.2 Å². The second-order valence-corrected chi connectivity index (χ2v) is 5.24. The van der Waals surface area contributed by atoms with Gasteiger partial charge >= 0.3 is 6.18 Å². The number of hydrogen-bond acceptors (Lipinski definition) is 4. The maximum atomic E-state index is 13.2. The number of pyridine rings is 2. The second-order valence-electron chi connectivity index (χ2n) is 5.24. The molecule has 2 heterocycles. The van der Waals surface area contributed by atoms with Crippen molar-refractivity contribution in [1.29, 1.82) is 0 Å². The summed E-state index contributed by atoms with van der Waals surface area (Å²) < 4.78 is 39.7. The lowest BCUT2D eigenvalue weighted by Gasteiger charge is -2.33. The molecule has 0 saturated carbocycles. The highest BCUT2D eigenvalue weighted by Gasteiger charge is 2.37. The Morgan fingerprint density at radius 3 is 2.40 bits per heavy atom. The van der Waals surface area contributed by atoms with Crippen molar-refractivity contribution < 1.29 is 18.0 Å². The van der Waals surface area contributed by atoms with Crippen LogP contribution in [-0.2, 0) is 12.7 Å². The van der Waals surface area contributed by atoms with Gasteiger partial charge in [0, 0.05) is 31.7 Å². The normalized spacial score (nSPS) is 11.6. The molecular weight excluding hydrogens is 333 g/mol. The van der Waals surface area contributed by atoms with Gasteiger partial charge in [-0.25, -0.2) is 5.01 Å². The van der Waals surface area contributed by atoms with E-state index in [1.807, 2.05) is 13.8 Å². The fourth-order valence-electron chi connectivity index (χ4n) is 2.46. The molecule has 0 aliphatic carbocycles. The number of rotatable bonds is 6. The van der Waals surface area contributed by atoms with Gasteiger partial charge in [0.15, 0.2) is 0 Å². The molecule has 0 N–H and O–H groups in total. The molecule has 25 heavy (non-hydrogen) atoms. The highest BCUT2D eigenvalue weighted by molar-refractivity contribution is 5.95. The Labute approximate surface area is 144 Å². The van der Waals surface area contributed by atoms with E-state index in [-0.39, 0.29) is 6.54 Å². The molecule has 1 amide bonds. The Morgan fingerprint density at radius 2 is 1.84 bits per heavy atom. The van der Waals surface area contributed by atoms with Crippen molar-refractivity contribution >= 4 is 5.91 Å². The first-order valence-electron chi connectivity index (χ1n) is 7.86. The molecule has 2 aromatic rings. The molecule has 2 rings (SSSR count). The van der Waals surface area contributed by atoms with E-state index in [2.05, 4.69) is 9.97 Å². The lowest BCUT2D eigenvalue weighted by atomic mass is 10.1. The lowest BCUT2D eigenvalue weighted by molar-refractivity contribution is -0.138. The van der Waals surface area contributed by atoms with Crippen molar-refractivity contribution in [3.63, 3.8) is 0 Å². The van der Waals surface area contributed by atoms with Crippen LogP contribution in [-0.4, -0.2) is 39.0 Å². The number of aromatic nitrogens is 2. The van der Waals surface area contributed by atoms with Crippen molar-refractivity contribution in [3.05, 3.63) is 59.7 Å². The van der Waals surface area contributed by atoms with Gasteiger partial charge in [-0.15, -0.1) is 0 Å². The first kappa shape index (κ1) is 18.9. The Kier molecular flexibility index (Phi) is 6.08. The van der Waals surface area contributed by atoms with Crippen molar-refractivity contribution in [2.75, 3.05) is 13.1 Å². The van der Waals surface area contributed by atoms with Gasteiger partial charge in [0.1, 0.15) is 0 Å². The fraction of sp³-hybridized carbons (Fsp3) is 0.353. The van der Waals surface area contributed by atoms with E-state index >= 15 is 0 Å². The lowest BCUT2D eigenvalue weighted by Crippen LogP contribution is -2.46. The van der Waals surface area contributed by atoms with Gasteiger partial charge < -0.3 is 0 Å². The second kappa shape index (κ2) is 8.06. The number of carbonyl (C=O) groups is 1. The largest absolute Gasteiger partial charge is 0.417 e. The predicted molar refractivity (Wildman–Crippen MR) is 86.3 cm³/mol. The molecule has 0 aliphatic rings. The van der Waals surface area contributed by atoms with Crippen molar-refractivity contribution in [3.8, 4) is 0 Å². The molecule has 0 unspecified atom stereocenters.